The van der Waals surface area contributed by atoms with Crippen LogP contribution in [0.3, 0.4) is 0 Å². The topological polar surface area (TPSA) is 79.4 Å². The Morgan fingerprint density at radius 3 is 3.10 bits per heavy atom. The molecule has 0 saturated carbocycles. The minimum Gasteiger partial charge on any atom is -0.377 e. The summed E-state index contributed by atoms with van der Waals surface area (Å²) < 4.78 is 6.21. The third-order valence-electron chi connectivity index (χ3n) is 3.26. The summed E-state index contributed by atoms with van der Waals surface area (Å²) in [6, 6.07) is -0.374. The smallest absolute Gasteiger partial charge is 0.245 e. The zero-order valence-corrected chi connectivity index (χ0v) is 13.8. The number of anilines is 2. The lowest BCUT2D eigenvalue weighted by Crippen LogP contribution is -2.54. The molecule has 0 aromatic carbocycles. The molecular formula is C13H20BrN5O2. The summed E-state index contributed by atoms with van der Waals surface area (Å²) in [4.78, 5) is 22.7. The van der Waals surface area contributed by atoms with Gasteiger partial charge in [-0.25, -0.2) is 9.97 Å². The Labute approximate surface area is 132 Å². The van der Waals surface area contributed by atoms with Gasteiger partial charge in [0, 0.05) is 20.1 Å². The van der Waals surface area contributed by atoms with Gasteiger partial charge in [0.2, 0.25) is 5.91 Å². The minimum atomic E-state index is -0.374. The Kier molecular flexibility index (Phi) is 5.75. The fourth-order valence-electron chi connectivity index (χ4n) is 2.18. The monoisotopic (exact) mass is 357 g/mol. The highest BCUT2D eigenvalue weighted by Crippen LogP contribution is 2.31. The number of ether oxygens (including phenoxy) is 1. The molecule has 0 bridgehead atoms. The van der Waals surface area contributed by atoms with Crippen molar-refractivity contribution in [1.29, 1.82) is 0 Å². The molecule has 8 heteroatoms. The van der Waals surface area contributed by atoms with Crippen LogP contribution in [0.2, 0.25) is 0 Å². The summed E-state index contributed by atoms with van der Waals surface area (Å²) >= 11 is 3.50. The summed E-state index contributed by atoms with van der Waals surface area (Å²) in [5.74, 6) is 1.36. The van der Waals surface area contributed by atoms with Crippen LogP contribution in [-0.2, 0) is 9.53 Å². The van der Waals surface area contributed by atoms with Crippen LogP contribution in [0.1, 0.15) is 13.3 Å². The lowest BCUT2D eigenvalue weighted by molar-refractivity contribution is -0.124. The third kappa shape index (κ3) is 3.62. The number of amides is 1. The first-order chi connectivity index (χ1) is 10.2. The predicted octanol–water partition coefficient (Wildman–Crippen LogP) is 1.01. The third-order valence-corrected chi connectivity index (χ3v) is 3.99. The van der Waals surface area contributed by atoms with Crippen LogP contribution >= 0.6 is 15.9 Å². The molecule has 1 unspecified atom stereocenters. The first-order valence-electron chi connectivity index (χ1n) is 6.99. The lowest BCUT2D eigenvalue weighted by Gasteiger charge is -2.36. The second kappa shape index (κ2) is 7.56. The standard InChI is InChI=1S/C13H20BrN5O2/c1-3-4-16-13(20)9-7-21-6-5-19(9)12-10(14)11(15-2)17-8-18-12/h8-9H,3-7H2,1-2H3,(H,16,20)(H,15,17,18). The van der Waals surface area contributed by atoms with E-state index < -0.39 is 0 Å². The fourth-order valence-corrected chi connectivity index (χ4v) is 2.81. The second-order valence-electron chi connectivity index (χ2n) is 4.68. The van der Waals surface area contributed by atoms with Crippen molar-refractivity contribution in [2.24, 2.45) is 0 Å². The van der Waals surface area contributed by atoms with E-state index in [2.05, 4.69) is 36.5 Å². The lowest BCUT2D eigenvalue weighted by atomic mass is 10.2. The molecule has 2 N–H and O–H groups in total. The molecule has 2 heterocycles. The average molecular weight is 358 g/mol. The number of nitrogens with zero attached hydrogens (tertiary/aromatic N) is 3. The molecule has 0 aliphatic carbocycles. The van der Waals surface area contributed by atoms with Crippen molar-refractivity contribution in [3.8, 4) is 0 Å². The molecule has 1 fully saturated rings. The van der Waals surface area contributed by atoms with E-state index in [9.17, 15) is 4.79 Å². The van der Waals surface area contributed by atoms with Gasteiger partial charge in [-0.2, -0.15) is 0 Å². The van der Waals surface area contributed by atoms with Gasteiger partial charge in [-0.15, -0.1) is 0 Å². The molecule has 1 atom stereocenters. The van der Waals surface area contributed by atoms with E-state index in [0.29, 0.717) is 37.9 Å². The van der Waals surface area contributed by atoms with Gasteiger partial charge < -0.3 is 20.3 Å². The van der Waals surface area contributed by atoms with Crippen molar-refractivity contribution in [2.75, 3.05) is 43.6 Å². The summed E-state index contributed by atoms with van der Waals surface area (Å²) in [6.07, 6.45) is 2.39. The number of rotatable bonds is 5. The first-order valence-corrected chi connectivity index (χ1v) is 7.78. The maximum Gasteiger partial charge on any atom is 0.245 e. The molecule has 7 nitrogen and oxygen atoms in total. The SMILES string of the molecule is CCCNC(=O)C1COCCN1c1ncnc(NC)c1Br. The number of nitrogens with one attached hydrogen (secondary N) is 2. The van der Waals surface area contributed by atoms with Crippen molar-refractivity contribution < 1.29 is 9.53 Å². The van der Waals surface area contributed by atoms with E-state index in [0.717, 1.165) is 10.9 Å². The highest BCUT2D eigenvalue weighted by molar-refractivity contribution is 9.10. The number of halogens is 1. The molecule has 2 rings (SSSR count). The van der Waals surface area contributed by atoms with Crippen molar-refractivity contribution in [2.45, 2.75) is 19.4 Å². The van der Waals surface area contributed by atoms with Gasteiger partial charge in [0.05, 0.1) is 13.2 Å². The van der Waals surface area contributed by atoms with E-state index in [4.69, 9.17) is 4.74 Å². The van der Waals surface area contributed by atoms with Crippen molar-refractivity contribution in [3.63, 3.8) is 0 Å². The van der Waals surface area contributed by atoms with Crippen LogP contribution in [-0.4, -0.2) is 55.3 Å². The van der Waals surface area contributed by atoms with Gasteiger partial charge in [0.1, 0.15) is 28.5 Å². The Morgan fingerprint density at radius 1 is 1.57 bits per heavy atom. The largest absolute Gasteiger partial charge is 0.377 e. The summed E-state index contributed by atoms with van der Waals surface area (Å²) in [5.41, 5.74) is 0. The molecule has 116 valence electrons. The highest BCUT2D eigenvalue weighted by atomic mass is 79.9. The molecule has 1 amide bonds. The van der Waals surface area contributed by atoms with Gasteiger partial charge >= 0.3 is 0 Å². The molecule has 1 saturated heterocycles. The van der Waals surface area contributed by atoms with Crippen LogP contribution in [0.25, 0.3) is 0 Å². The Balaban J connectivity index is 2.24. The number of hydrogen-bond donors (Lipinski definition) is 2. The van der Waals surface area contributed by atoms with E-state index in [1.165, 1.54) is 6.33 Å². The zero-order valence-electron chi connectivity index (χ0n) is 12.2. The molecule has 1 aliphatic rings. The minimum absolute atomic E-state index is 0.0342. The summed E-state index contributed by atoms with van der Waals surface area (Å²) in [6.45, 7) is 4.23. The Bertz CT molecular complexity index is 499. The molecule has 1 aromatic heterocycles. The Hall–Kier alpha value is -1.41. The van der Waals surface area contributed by atoms with E-state index >= 15 is 0 Å². The maximum atomic E-state index is 12.3. The van der Waals surface area contributed by atoms with Gasteiger partial charge in [-0.1, -0.05) is 6.92 Å². The van der Waals surface area contributed by atoms with Crippen LogP contribution in [0.4, 0.5) is 11.6 Å². The fraction of sp³-hybridized carbons (Fsp3) is 0.615. The molecule has 1 aliphatic heterocycles. The van der Waals surface area contributed by atoms with Gasteiger partial charge in [0.15, 0.2) is 0 Å². The summed E-state index contributed by atoms with van der Waals surface area (Å²) in [5, 5.41) is 5.91. The molecular weight excluding hydrogens is 338 g/mol. The molecule has 0 spiro atoms. The predicted molar refractivity (Wildman–Crippen MR) is 84.5 cm³/mol. The van der Waals surface area contributed by atoms with Gasteiger partial charge in [0.25, 0.3) is 0 Å². The summed E-state index contributed by atoms with van der Waals surface area (Å²) in [7, 11) is 1.79. The van der Waals surface area contributed by atoms with Gasteiger partial charge in [-0.05, 0) is 22.4 Å². The van der Waals surface area contributed by atoms with Crippen LogP contribution < -0.4 is 15.5 Å². The highest BCUT2D eigenvalue weighted by Gasteiger charge is 2.31. The van der Waals surface area contributed by atoms with Crippen LogP contribution in [0.15, 0.2) is 10.8 Å². The van der Waals surface area contributed by atoms with E-state index in [1.807, 2.05) is 11.8 Å². The van der Waals surface area contributed by atoms with E-state index in [1.54, 1.807) is 7.05 Å². The number of carbonyl (C=O) groups is 1. The quantitative estimate of drug-likeness (QED) is 0.818. The van der Waals surface area contributed by atoms with Crippen molar-refractivity contribution in [3.05, 3.63) is 10.8 Å². The van der Waals surface area contributed by atoms with Crippen LogP contribution in [0, 0.1) is 0 Å². The van der Waals surface area contributed by atoms with Gasteiger partial charge in [-0.3, -0.25) is 4.79 Å². The second-order valence-corrected chi connectivity index (χ2v) is 5.48. The molecule has 21 heavy (non-hydrogen) atoms. The van der Waals surface area contributed by atoms with Crippen molar-refractivity contribution in [1.82, 2.24) is 15.3 Å². The maximum absolute atomic E-state index is 12.3. The number of hydrogen-bond acceptors (Lipinski definition) is 6. The van der Waals surface area contributed by atoms with Crippen LogP contribution in [0.5, 0.6) is 0 Å². The average Bonchev–Trinajstić information content (AvgIpc) is 2.53. The Morgan fingerprint density at radius 2 is 2.38 bits per heavy atom. The number of carbonyl (C=O) groups excluding carboxylic acids is 1. The first kappa shape index (κ1) is 16.0. The zero-order chi connectivity index (χ0) is 15.2. The normalized spacial score (nSPS) is 18.4. The van der Waals surface area contributed by atoms with E-state index in [-0.39, 0.29) is 11.9 Å². The molecule has 0 radical (unpaired) electrons. The number of aromatic nitrogens is 2. The molecule has 1 aromatic rings. The van der Waals surface area contributed by atoms with Crippen molar-refractivity contribution >= 4 is 33.5 Å². The number of morpholine rings is 1.